The zero-order valence-electron chi connectivity index (χ0n) is 13.8. The van der Waals surface area contributed by atoms with Crippen molar-refractivity contribution in [1.82, 2.24) is 4.90 Å². The summed E-state index contributed by atoms with van der Waals surface area (Å²) in [6, 6.07) is 6.12. The molecule has 3 rings (SSSR count). The van der Waals surface area contributed by atoms with E-state index < -0.39 is 17.9 Å². The Morgan fingerprint density at radius 2 is 1.84 bits per heavy atom. The van der Waals surface area contributed by atoms with Crippen LogP contribution in [0.25, 0.3) is 5.57 Å². The molecule has 0 spiro atoms. The Hall–Kier alpha value is -2.19. The van der Waals surface area contributed by atoms with Crippen molar-refractivity contribution in [2.75, 3.05) is 11.9 Å². The third-order valence-electron chi connectivity index (χ3n) is 4.24. The van der Waals surface area contributed by atoms with Gasteiger partial charge in [0.25, 0.3) is 11.8 Å². The van der Waals surface area contributed by atoms with Crippen molar-refractivity contribution >= 4 is 57.3 Å². The minimum Gasteiger partial charge on any atom is -0.480 e. The number of benzene rings is 1. The number of carbonyl (C=O) groups excluding carboxylic acids is 2. The summed E-state index contributed by atoms with van der Waals surface area (Å²) in [6.45, 7) is 3.43. The number of carboxylic acids is 1. The maximum Gasteiger partial charge on any atom is 0.327 e. The van der Waals surface area contributed by atoms with Crippen LogP contribution < -0.4 is 4.90 Å². The minimum absolute atomic E-state index is 0.161. The molecule has 1 aromatic carbocycles. The van der Waals surface area contributed by atoms with Crippen molar-refractivity contribution in [3.63, 3.8) is 0 Å². The van der Waals surface area contributed by atoms with Gasteiger partial charge in [0, 0.05) is 12.6 Å². The second-order valence-electron chi connectivity index (χ2n) is 6.16. The molecule has 1 saturated heterocycles. The lowest BCUT2D eigenvalue weighted by atomic mass is 10.0. The third kappa shape index (κ3) is 2.65. The monoisotopic (exact) mass is 376 g/mol. The van der Waals surface area contributed by atoms with E-state index >= 15 is 0 Å². The Morgan fingerprint density at radius 3 is 2.44 bits per heavy atom. The highest BCUT2D eigenvalue weighted by atomic mass is 32.2. The van der Waals surface area contributed by atoms with Gasteiger partial charge in [-0.3, -0.25) is 14.5 Å². The summed E-state index contributed by atoms with van der Waals surface area (Å²) in [5.74, 6) is -2.26. The van der Waals surface area contributed by atoms with E-state index in [2.05, 4.69) is 0 Å². The standard InChI is InChI=1S/C17H16N2O4S2/c1-8(2)12(16(22)23)19-15(21)13(25-17(19)24)11-9-6-4-5-7-10(9)18(3)14(11)20/h4-8,12H,1-3H3,(H,22,23)/b13-11+/t12-/m0/s1. The maximum atomic E-state index is 12.9. The SMILES string of the molecule is CC(C)[C@@H](C(=O)O)N1C(=O)/C(=C2\C(=O)N(C)c3ccccc32)SC1=S. The van der Waals surface area contributed by atoms with Gasteiger partial charge in [-0.2, -0.15) is 0 Å². The number of fused-ring (bicyclic) bond motifs is 1. The van der Waals surface area contributed by atoms with Crippen LogP contribution >= 0.6 is 24.0 Å². The zero-order chi connectivity index (χ0) is 18.5. The van der Waals surface area contributed by atoms with Gasteiger partial charge in [0.15, 0.2) is 0 Å². The average molecular weight is 376 g/mol. The zero-order valence-corrected chi connectivity index (χ0v) is 15.5. The fraction of sp³-hybridized carbons (Fsp3) is 0.294. The Kier molecular flexibility index (Phi) is 4.42. The summed E-state index contributed by atoms with van der Waals surface area (Å²) < 4.78 is 0.161. The first kappa shape index (κ1) is 17.6. The molecule has 1 aromatic rings. The second-order valence-corrected chi connectivity index (χ2v) is 7.80. The molecule has 0 unspecified atom stereocenters. The van der Waals surface area contributed by atoms with Gasteiger partial charge in [-0.25, -0.2) is 4.79 Å². The summed E-state index contributed by atoms with van der Waals surface area (Å²) in [4.78, 5) is 40.0. The van der Waals surface area contributed by atoms with E-state index in [1.54, 1.807) is 39.1 Å². The van der Waals surface area contributed by atoms with Crippen LogP contribution in [0.2, 0.25) is 0 Å². The van der Waals surface area contributed by atoms with Crippen LogP contribution in [0.15, 0.2) is 29.2 Å². The molecule has 1 fully saturated rings. The van der Waals surface area contributed by atoms with E-state index in [1.165, 1.54) is 4.90 Å². The van der Waals surface area contributed by atoms with Crippen molar-refractivity contribution in [2.45, 2.75) is 19.9 Å². The van der Waals surface area contributed by atoms with Gasteiger partial charge in [-0.05, 0) is 12.0 Å². The van der Waals surface area contributed by atoms with Crippen LogP contribution in [-0.2, 0) is 14.4 Å². The molecule has 0 aromatic heterocycles. The summed E-state index contributed by atoms with van der Waals surface area (Å²) in [6.07, 6.45) is 0. The third-order valence-corrected chi connectivity index (χ3v) is 5.64. The Bertz CT molecular complexity index is 847. The van der Waals surface area contributed by atoms with Crippen molar-refractivity contribution in [3.8, 4) is 0 Å². The molecule has 2 aliphatic heterocycles. The van der Waals surface area contributed by atoms with Crippen LogP contribution in [0, 0.1) is 5.92 Å². The predicted molar refractivity (Wildman–Crippen MR) is 100 cm³/mol. The second kappa shape index (κ2) is 6.27. The topological polar surface area (TPSA) is 77.9 Å². The Morgan fingerprint density at radius 1 is 1.20 bits per heavy atom. The molecular weight excluding hydrogens is 360 g/mol. The van der Waals surface area contributed by atoms with Gasteiger partial charge >= 0.3 is 5.97 Å². The number of thiocarbonyl (C=S) groups is 1. The fourth-order valence-corrected chi connectivity index (χ4v) is 4.45. The molecule has 0 bridgehead atoms. The Balaban J connectivity index is 2.13. The molecule has 6 nitrogen and oxygen atoms in total. The molecule has 0 saturated carbocycles. The molecular formula is C17H16N2O4S2. The highest BCUT2D eigenvalue weighted by molar-refractivity contribution is 8.26. The van der Waals surface area contributed by atoms with Crippen LogP contribution in [0.3, 0.4) is 0 Å². The van der Waals surface area contributed by atoms with Crippen LogP contribution in [0.4, 0.5) is 5.69 Å². The number of hydrogen-bond acceptors (Lipinski definition) is 5. The van der Waals surface area contributed by atoms with E-state index in [4.69, 9.17) is 12.2 Å². The smallest absolute Gasteiger partial charge is 0.327 e. The number of thioether (sulfide) groups is 1. The molecule has 0 radical (unpaired) electrons. The number of carbonyl (C=O) groups is 3. The van der Waals surface area contributed by atoms with Crippen molar-refractivity contribution < 1.29 is 19.5 Å². The summed E-state index contributed by atoms with van der Waals surface area (Å²) in [5.41, 5.74) is 1.66. The first-order valence-corrected chi connectivity index (χ1v) is 8.88. The highest BCUT2D eigenvalue weighted by Crippen LogP contribution is 2.44. The average Bonchev–Trinajstić information content (AvgIpc) is 2.96. The van der Waals surface area contributed by atoms with Gasteiger partial charge in [-0.1, -0.05) is 56.0 Å². The van der Waals surface area contributed by atoms with E-state index in [-0.39, 0.29) is 26.6 Å². The summed E-state index contributed by atoms with van der Waals surface area (Å²) >= 11 is 6.25. The highest BCUT2D eigenvalue weighted by Gasteiger charge is 2.45. The molecule has 2 amide bonds. The molecule has 8 heteroatoms. The molecule has 2 heterocycles. The van der Waals surface area contributed by atoms with Crippen molar-refractivity contribution in [2.24, 2.45) is 5.92 Å². The number of carboxylic acid groups (broad SMARTS) is 1. The van der Waals surface area contributed by atoms with Crippen LogP contribution in [-0.4, -0.2) is 45.2 Å². The number of aliphatic carboxylic acids is 1. The number of rotatable bonds is 3. The predicted octanol–water partition coefficient (Wildman–Crippen LogP) is 2.34. The number of para-hydroxylation sites is 1. The van der Waals surface area contributed by atoms with Gasteiger partial charge < -0.3 is 10.0 Å². The quantitative estimate of drug-likeness (QED) is 0.644. The van der Waals surface area contributed by atoms with Crippen LogP contribution in [0.5, 0.6) is 0 Å². The van der Waals surface area contributed by atoms with Gasteiger partial charge in [0.1, 0.15) is 10.4 Å². The van der Waals surface area contributed by atoms with E-state index in [9.17, 15) is 19.5 Å². The summed E-state index contributed by atoms with van der Waals surface area (Å²) in [5, 5.41) is 9.49. The number of anilines is 1. The van der Waals surface area contributed by atoms with Gasteiger partial charge in [0.05, 0.1) is 16.2 Å². The number of likely N-dealkylation sites (N-methyl/N-ethyl adjacent to an activating group) is 1. The number of amides is 2. The van der Waals surface area contributed by atoms with Crippen LogP contribution in [0.1, 0.15) is 19.4 Å². The normalized spacial score (nSPS) is 21.4. The van der Waals surface area contributed by atoms with Crippen molar-refractivity contribution in [3.05, 3.63) is 34.7 Å². The first-order chi connectivity index (χ1) is 11.8. The number of hydrogen-bond donors (Lipinski definition) is 1. The van der Waals surface area contributed by atoms with E-state index in [0.717, 1.165) is 16.7 Å². The minimum atomic E-state index is -1.12. The van der Waals surface area contributed by atoms with Crippen molar-refractivity contribution in [1.29, 1.82) is 0 Å². The lowest BCUT2D eigenvalue weighted by molar-refractivity contribution is -0.146. The molecule has 130 valence electrons. The maximum absolute atomic E-state index is 12.9. The molecule has 0 aliphatic carbocycles. The molecule has 2 aliphatic rings. The lowest BCUT2D eigenvalue weighted by Crippen LogP contribution is -2.47. The molecule has 25 heavy (non-hydrogen) atoms. The molecule has 1 atom stereocenters. The van der Waals surface area contributed by atoms with Gasteiger partial charge in [-0.15, -0.1) is 0 Å². The Labute approximate surface area is 154 Å². The summed E-state index contributed by atoms with van der Waals surface area (Å²) in [7, 11) is 1.64. The largest absolute Gasteiger partial charge is 0.480 e. The lowest BCUT2D eigenvalue weighted by Gasteiger charge is -2.26. The van der Waals surface area contributed by atoms with Gasteiger partial charge in [0.2, 0.25) is 0 Å². The first-order valence-electron chi connectivity index (χ1n) is 7.65. The fourth-order valence-electron chi connectivity index (χ4n) is 3.05. The number of nitrogens with zero attached hydrogens (tertiary/aromatic N) is 2. The molecule has 1 N–H and O–H groups in total. The van der Waals surface area contributed by atoms with E-state index in [1.807, 2.05) is 6.07 Å². The van der Waals surface area contributed by atoms with E-state index in [0.29, 0.717) is 11.3 Å².